The van der Waals surface area contributed by atoms with E-state index in [1.54, 1.807) is 12.1 Å². The third-order valence-electron chi connectivity index (χ3n) is 3.95. The number of nitrogens with one attached hydrogen (secondary N) is 2. The summed E-state index contributed by atoms with van der Waals surface area (Å²) in [5.41, 5.74) is 0.456. The fourth-order valence-corrected chi connectivity index (χ4v) is 3.75. The molecule has 26 heavy (non-hydrogen) atoms. The number of nitrogens with zero attached hydrogens (tertiary/aromatic N) is 1. The number of anilines is 1. The molecule has 1 amide bonds. The Labute approximate surface area is 155 Å². The van der Waals surface area contributed by atoms with Crippen molar-refractivity contribution in [1.29, 1.82) is 0 Å². The number of rotatable bonds is 8. The second-order valence-electron chi connectivity index (χ2n) is 6.12. The monoisotopic (exact) mass is 381 g/mol. The van der Waals surface area contributed by atoms with Gasteiger partial charge in [-0.15, -0.1) is 0 Å². The van der Waals surface area contributed by atoms with Gasteiger partial charge in [-0.25, -0.2) is 8.42 Å². The third kappa shape index (κ3) is 6.76. The van der Waals surface area contributed by atoms with Crippen molar-refractivity contribution in [2.24, 2.45) is 4.99 Å². The van der Waals surface area contributed by atoms with Gasteiger partial charge in [-0.05, 0) is 44.4 Å². The molecule has 0 radical (unpaired) electrons. The highest BCUT2D eigenvalue weighted by Gasteiger charge is 2.18. The molecule has 144 valence electrons. The van der Waals surface area contributed by atoms with Crippen LogP contribution in [0.15, 0.2) is 34.2 Å². The molecule has 2 N–H and O–H groups in total. The number of aliphatic imine (C=N–C) groups is 1. The highest BCUT2D eigenvalue weighted by molar-refractivity contribution is 7.90. The van der Waals surface area contributed by atoms with Crippen molar-refractivity contribution in [2.75, 3.05) is 25.1 Å². The van der Waals surface area contributed by atoms with Gasteiger partial charge in [0.25, 0.3) is 10.0 Å². The molecule has 1 aliphatic rings. The molecule has 1 aromatic rings. The number of carbonyl (C=O) groups excluding carboxylic acids is 1. The van der Waals surface area contributed by atoms with E-state index in [0.717, 1.165) is 19.3 Å². The van der Waals surface area contributed by atoms with E-state index in [1.165, 1.54) is 12.1 Å². The summed E-state index contributed by atoms with van der Waals surface area (Å²) >= 11 is 0. The molecule has 0 spiro atoms. The average molecular weight is 381 g/mol. The largest absolute Gasteiger partial charge is 0.382 e. The van der Waals surface area contributed by atoms with Crippen molar-refractivity contribution in [3.05, 3.63) is 24.3 Å². The molecular weight excluding hydrogens is 354 g/mol. The summed E-state index contributed by atoms with van der Waals surface area (Å²) in [6.07, 6.45) is 4.55. The molecule has 0 saturated carbocycles. The zero-order chi connectivity index (χ0) is 18.8. The van der Waals surface area contributed by atoms with Gasteiger partial charge in [-0.2, -0.15) is 0 Å². The van der Waals surface area contributed by atoms with Gasteiger partial charge in [0.15, 0.2) is 0 Å². The van der Waals surface area contributed by atoms with Gasteiger partial charge in [0.05, 0.1) is 4.90 Å². The Kier molecular flexibility index (Phi) is 8.06. The first-order valence-electron chi connectivity index (χ1n) is 9.05. The van der Waals surface area contributed by atoms with Crippen LogP contribution in [0.5, 0.6) is 0 Å². The normalized spacial score (nSPS) is 15.0. The van der Waals surface area contributed by atoms with E-state index < -0.39 is 10.0 Å². The lowest BCUT2D eigenvalue weighted by atomic mass is 10.2. The van der Waals surface area contributed by atoms with E-state index in [4.69, 9.17) is 4.74 Å². The molecule has 0 saturated heterocycles. The van der Waals surface area contributed by atoms with Crippen molar-refractivity contribution in [2.45, 2.75) is 50.3 Å². The third-order valence-corrected chi connectivity index (χ3v) is 5.33. The number of amides is 1. The van der Waals surface area contributed by atoms with Crippen molar-refractivity contribution >= 4 is 27.5 Å². The number of carbonyl (C=O) groups is 1. The van der Waals surface area contributed by atoms with Crippen molar-refractivity contribution in [3.8, 4) is 0 Å². The Hall–Kier alpha value is -1.93. The van der Waals surface area contributed by atoms with Crippen LogP contribution >= 0.6 is 0 Å². The minimum atomic E-state index is -3.71. The lowest BCUT2D eigenvalue weighted by Crippen LogP contribution is -2.30. The van der Waals surface area contributed by atoms with Gasteiger partial charge in [-0.3, -0.25) is 14.5 Å². The van der Waals surface area contributed by atoms with E-state index in [1.807, 2.05) is 6.92 Å². The fraction of sp³-hybridized carbons (Fsp3) is 0.556. The molecule has 0 atom stereocenters. The van der Waals surface area contributed by atoms with Gasteiger partial charge in [-0.1, -0.05) is 12.5 Å². The van der Waals surface area contributed by atoms with Crippen molar-refractivity contribution < 1.29 is 17.9 Å². The van der Waals surface area contributed by atoms with Gasteiger partial charge in [0, 0.05) is 38.3 Å². The first-order chi connectivity index (χ1) is 12.5. The topological polar surface area (TPSA) is 96.9 Å². The second kappa shape index (κ2) is 10.3. The van der Waals surface area contributed by atoms with Gasteiger partial charge < -0.3 is 10.1 Å². The van der Waals surface area contributed by atoms with Crippen LogP contribution in [-0.2, 0) is 19.6 Å². The lowest BCUT2D eigenvalue weighted by molar-refractivity contribution is -0.116. The van der Waals surface area contributed by atoms with E-state index in [2.05, 4.69) is 15.0 Å². The summed E-state index contributed by atoms with van der Waals surface area (Å²) in [7, 11) is -3.71. The molecule has 2 rings (SSSR count). The number of benzene rings is 1. The molecule has 0 aromatic heterocycles. The zero-order valence-corrected chi connectivity index (χ0v) is 16.0. The Morgan fingerprint density at radius 3 is 2.92 bits per heavy atom. The summed E-state index contributed by atoms with van der Waals surface area (Å²) in [5.74, 6) is 0.341. The van der Waals surface area contributed by atoms with Crippen molar-refractivity contribution in [3.63, 3.8) is 0 Å². The van der Waals surface area contributed by atoms with E-state index in [9.17, 15) is 13.2 Å². The Balaban J connectivity index is 1.98. The average Bonchev–Trinajstić information content (AvgIpc) is 2.87. The zero-order valence-electron chi connectivity index (χ0n) is 15.2. The van der Waals surface area contributed by atoms with Crippen LogP contribution in [0.1, 0.15) is 45.4 Å². The molecule has 1 heterocycles. The first-order valence-corrected chi connectivity index (χ1v) is 10.5. The lowest BCUT2D eigenvalue weighted by Gasteiger charge is -2.11. The summed E-state index contributed by atoms with van der Waals surface area (Å²) < 4.78 is 32.9. The Bertz CT molecular complexity index is 732. The molecule has 1 aromatic carbocycles. The highest BCUT2D eigenvalue weighted by atomic mass is 32.2. The highest BCUT2D eigenvalue weighted by Crippen LogP contribution is 2.17. The van der Waals surface area contributed by atoms with Crippen LogP contribution in [0.2, 0.25) is 0 Å². The predicted octanol–water partition coefficient (Wildman–Crippen LogP) is 2.69. The van der Waals surface area contributed by atoms with E-state index >= 15 is 0 Å². The van der Waals surface area contributed by atoms with Crippen LogP contribution < -0.4 is 10.0 Å². The summed E-state index contributed by atoms with van der Waals surface area (Å²) in [6, 6.07) is 6.24. The fourth-order valence-electron chi connectivity index (χ4n) is 2.62. The number of hydrogen-bond acceptors (Lipinski definition) is 5. The molecule has 8 heteroatoms. The SMILES string of the molecule is CCOCCCC(=O)Nc1cccc(S(=O)(=O)NC2=NCCCCC2)c1. The first kappa shape index (κ1) is 20.4. The Morgan fingerprint density at radius 1 is 1.27 bits per heavy atom. The van der Waals surface area contributed by atoms with E-state index in [0.29, 0.717) is 50.5 Å². The maximum atomic E-state index is 12.6. The minimum Gasteiger partial charge on any atom is -0.382 e. The standard InChI is InChI=1S/C18H27N3O4S/c1-2-25-13-7-11-18(22)20-15-8-6-9-16(14-15)26(23,24)21-17-10-4-3-5-12-19-17/h6,8-9,14H,2-5,7,10-13H2,1H3,(H,19,21)(H,20,22). The summed E-state index contributed by atoms with van der Waals surface area (Å²) in [4.78, 5) is 16.3. The maximum absolute atomic E-state index is 12.6. The number of sulfonamides is 1. The van der Waals surface area contributed by atoms with Crippen molar-refractivity contribution in [1.82, 2.24) is 4.72 Å². The van der Waals surface area contributed by atoms with Crippen LogP contribution in [0, 0.1) is 0 Å². The smallest absolute Gasteiger partial charge is 0.262 e. The second-order valence-corrected chi connectivity index (χ2v) is 7.80. The van der Waals surface area contributed by atoms with E-state index in [-0.39, 0.29) is 10.8 Å². The molecule has 0 bridgehead atoms. The molecule has 0 aliphatic carbocycles. The number of hydrogen-bond donors (Lipinski definition) is 2. The summed E-state index contributed by atoms with van der Waals surface area (Å²) in [6.45, 7) is 3.71. The van der Waals surface area contributed by atoms with Crippen LogP contribution in [0.4, 0.5) is 5.69 Å². The van der Waals surface area contributed by atoms with Gasteiger partial charge >= 0.3 is 0 Å². The summed E-state index contributed by atoms with van der Waals surface area (Å²) in [5, 5.41) is 2.73. The minimum absolute atomic E-state index is 0.108. The molecule has 1 aliphatic heterocycles. The molecule has 0 unspecified atom stereocenters. The van der Waals surface area contributed by atoms with Crippen LogP contribution in [0.25, 0.3) is 0 Å². The molecular formula is C18H27N3O4S. The van der Waals surface area contributed by atoms with Gasteiger partial charge in [0.1, 0.15) is 5.84 Å². The Morgan fingerprint density at radius 2 is 2.12 bits per heavy atom. The molecule has 7 nitrogen and oxygen atoms in total. The number of amidine groups is 1. The number of ether oxygens (including phenoxy) is 1. The predicted molar refractivity (Wildman–Crippen MR) is 102 cm³/mol. The molecule has 0 fully saturated rings. The maximum Gasteiger partial charge on any atom is 0.262 e. The van der Waals surface area contributed by atoms with Gasteiger partial charge in [0.2, 0.25) is 5.91 Å². The van der Waals surface area contributed by atoms with Crippen LogP contribution in [-0.4, -0.2) is 39.9 Å². The van der Waals surface area contributed by atoms with Crippen LogP contribution in [0.3, 0.4) is 0 Å². The quantitative estimate of drug-likeness (QED) is 0.677.